The molecule has 2 aliphatic heterocycles. The molecule has 3 unspecified atom stereocenters. The summed E-state index contributed by atoms with van der Waals surface area (Å²) in [4.78, 5) is 17.1. The summed E-state index contributed by atoms with van der Waals surface area (Å²) in [6.45, 7) is 4.49. The van der Waals surface area contributed by atoms with Crippen LogP contribution in [0.5, 0.6) is 0 Å². The van der Waals surface area contributed by atoms with E-state index in [1.54, 1.807) is 0 Å². The molecule has 2 N–H and O–H groups in total. The molecule has 4 rings (SSSR count). The van der Waals surface area contributed by atoms with Crippen LogP contribution in [-0.4, -0.2) is 48.3 Å². The van der Waals surface area contributed by atoms with Crippen molar-refractivity contribution in [1.82, 2.24) is 5.32 Å². The van der Waals surface area contributed by atoms with Crippen molar-refractivity contribution in [2.75, 3.05) is 16.8 Å². The van der Waals surface area contributed by atoms with Crippen LogP contribution in [0, 0.1) is 11.8 Å². The number of amides is 1. The fraction of sp³-hybridized carbons (Fsp3) is 0.600. The number of nitrogens with one attached hydrogen (secondary N) is 2. The summed E-state index contributed by atoms with van der Waals surface area (Å²) in [6.07, 6.45) is 3.46. The van der Waals surface area contributed by atoms with Gasteiger partial charge >= 0.3 is 0 Å². The Hall–Kier alpha value is -1.54. The lowest BCUT2D eigenvalue weighted by Gasteiger charge is -2.34. The Labute approximate surface area is 170 Å². The molecule has 28 heavy (non-hydrogen) atoms. The van der Waals surface area contributed by atoms with E-state index in [1.165, 1.54) is 24.6 Å². The van der Waals surface area contributed by atoms with Gasteiger partial charge in [0, 0.05) is 22.5 Å². The molecular formula is C20H27N3O3S2. The standard InChI is InChI=1S/C20H27N3O3S2/c1-12-4-3-5-16(13(12)2)22-19(24)14-6-8-15(9-7-14)21-20-23-17-10-28(25,26)11-18(17)27-20/h6-9,12-13,16-18H,3-5,10-11H2,1-2H3,(H,21,23)(H,22,24)/t12?,13?,16?,17-,18+/m1/s1. The highest BCUT2D eigenvalue weighted by atomic mass is 32.2. The Kier molecular flexibility index (Phi) is 5.44. The second kappa shape index (κ2) is 7.71. The van der Waals surface area contributed by atoms with Gasteiger partial charge in [-0.15, -0.1) is 0 Å². The van der Waals surface area contributed by atoms with Crippen molar-refractivity contribution in [2.45, 2.75) is 50.4 Å². The third kappa shape index (κ3) is 4.22. The van der Waals surface area contributed by atoms with E-state index < -0.39 is 9.84 Å². The minimum Gasteiger partial charge on any atom is -0.349 e. The number of carbonyl (C=O) groups is 1. The first-order valence-corrected chi connectivity index (χ1v) is 12.6. The van der Waals surface area contributed by atoms with Crippen LogP contribution in [0.1, 0.15) is 43.5 Å². The number of aliphatic imine (C=N–C) groups is 1. The first-order valence-electron chi connectivity index (χ1n) is 9.93. The number of rotatable bonds is 3. The average molecular weight is 422 g/mol. The fourth-order valence-electron chi connectivity index (χ4n) is 4.28. The van der Waals surface area contributed by atoms with Gasteiger partial charge in [0.2, 0.25) is 0 Å². The van der Waals surface area contributed by atoms with Crippen molar-refractivity contribution in [2.24, 2.45) is 16.8 Å². The highest BCUT2D eigenvalue weighted by molar-refractivity contribution is 8.15. The second-order valence-corrected chi connectivity index (χ2v) is 11.7. The van der Waals surface area contributed by atoms with E-state index in [1.807, 2.05) is 24.3 Å². The van der Waals surface area contributed by atoms with Gasteiger partial charge in [0.15, 0.2) is 15.0 Å². The normalized spacial score (nSPS) is 33.8. The molecule has 152 valence electrons. The molecule has 1 aromatic rings. The van der Waals surface area contributed by atoms with Crippen LogP contribution in [0.4, 0.5) is 5.69 Å². The zero-order chi connectivity index (χ0) is 19.9. The molecule has 2 heterocycles. The van der Waals surface area contributed by atoms with E-state index >= 15 is 0 Å². The molecule has 1 aliphatic carbocycles. The first-order chi connectivity index (χ1) is 13.3. The molecule has 5 atom stereocenters. The van der Waals surface area contributed by atoms with E-state index in [9.17, 15) is 13.2 Å². The maximum Gasteiger partial charge on any atom is 0.251 e. The summed E-state index contributed by atoms with van der Waals surface area (Å²) >= 11 is 1.49. The molecule has 1 saturated carbocycles. The van der Waals surface area contributed by atoms with Crippen LogP contribution in [0.15, 0.2) is 29.3 Å². The molecule has 8 heteroatoms. The summed E-state index contributed by atoms with van der Waals surface area (Å²) < 4.78 is 23.3. The number of sulfone groups is 1. The van der Waals surface area contributed by atoms with Gasteiger partial charge in [-0.2, -0.15) is 0 Å². The Morgan fingerprint density at radius 3 is 2.61 bits per heavy atom. The van der Waals surface area contributed by atoms with Crippen molar-refractivity contribution < 1.29 is 13.2 Å². The molecule has 0 bridgehead atoms. The maximum atomic E-state index is 12.6. The molecule has 1 aromatic carbocycles. The van der Waals surface area contributed by atoms with Crippen molar-refractivity contribution in [3.8, 4) is 0 Å². The lowest BCUT2D eigenvalue weighted by atomic mass is 9.78. The summed E-state index contributed by atoms with van der Waals surface area (Å²) in [5, 5.41) is 7.22. The van der Waals surface area contributed by atoms with Crippen molar-refractivity contribution in [1.29, 1.82) is 0 Å². The van der Waals surface area contributed by atoms with Gasteiger partial charge in [-0.25, -0.2) is 8.42 Å². The molecule has 0 aromatic heterocycles. The molecule has 3 aliphatic rings. The second-order valence-electron chi connectivity index (χ2n) is 8.28. The monoisotopic (exact) mass is 421 g/mol. The number of anilines is 1. The SMILES string of the molecule is CC1CCCC(NC(=O)c2ccc(NC3=N[C@@H]4CS(=O)(=O)C[C@@H]4S3)cc2)C1C. The topological polar surface area (TPSA) is 87.6 Å². The lowest BCUT2D eigenvalue weighted by molar-refractivity contribution is 0.0891. The van der Waals surface area contributed by atoms with Crippen molar-refractivity contribution >= 4 is 38.4 Å². The average Bonchev–Trinajstić information content (AvgIpc) is 3.12. The molecular weight excluding hydrogens is 394 g/mol. The highest BCUT2D eigenvalue weighted by Crippen LogP contribution is 2.34. The van der Waals surface area contributed by atoms with Gasteiger partial charge < -0.3 is 10.6 Å². The van der Waals surface area contributed by atoms with Crippen LogP contribution in [0.2, 0.25) is 0 Å². The zero-order valence-electron chi connectivity index (χ0n) is 16.2. The highest BCUT2D eigenvalue weighted by Gasteiger charge is 2.42. The van der Waals surface area contributed by atoms with E-state index in [2.05, 4.69) is 29.5 Å². The molecule has 1 saturated heterocycles. The molecule has 2 fully saturated rings. The van der Waals surface area contributed by atoms with Crippen LogP contribution < -0.4 is 10.6 Å². The predicted octanol–water partition coefficient (Wildman–Crippen LogP) is 2.92. The number of amidine groups is 1. The Morgan fingerprint density at radius 2 is 1.89 bits per heavy atom. The number of hydrogen-bond acceptors (Lipinski definition) is 6. The van der Waals surface area contributed by atoms with Crippen LogP contribution in [-0.2, 0) is 9.84 Å². The van der Waals surface area contributed by atoms with Crippen LogP contribution >= 0.6 is 11.8 Å². The van der Waals surface area contributed by atoms with Gasteiger partial charge in [-0.05, 0) is 42.5 Å². The van der Waals surface area contributed by atoms with Crippen molar-refractivity contribution in [3.63, 3.8) is 0 Å². The quantitative estimate of drug-likeness (QED) is 0.784. The van der Waals surface area contributed by atoms with Gasteiger partial charge in [0.05, 0.1) is 17.5 Å². The van der Waals surface area contributed by atoms with Gasteiger partial charge in [-0.1, -0.05) is 38.5 Å². The number of nitrogens with zero attached hydrogens (tertiary/aromatic N) is 1. The van der Waals surface area contributed by atoms with E-state index in [0.717, 1.165) is 17.3 Å². The van der Waals surface area contributed by atoms with E-state index in [-0.39, 0.29) is 34.7 Å². The predicted molar refractivity (Wildman–Crippen MR) is 115 cm³/mol. The lowest BCUT2D eigenvalue weighted by Crippen LogP contribution is -2.43. The number of hydrogen-bond donors (Lipinski definition) is 2. The van der Waals surface area contributed by atoms with E-state index in [0.29, 0.717) is 17.4 Å². The third-order valence-corrected chi connectivity index (χ3v) is 9.38. The Bertz CT molecular complexity index is 882. The van der Waals surface area contributed by atoms with Gasteiger partial charge in [0.25, 0.3) is 5.91 Å². The number of carbonyl (C=O) groups excluding carboxylic acids is 1. The largest absolute Gasteiger partial charge is 0.349 e. The molecule has 1 amide bonds. The van der Waals surface area contributed by atoms with Gasteiger partial charge in [-0.3, -0.25) is 9.79 Å². The first kappa shape index (κ1) is 19.8. The third-order valence-electron chi connectivity index (χ3n) is 6.24. The summed E-state index contributed by atoms with van der Waals surface area (Å²) in [5.41, 5.74) is 1.50. The maximum absolute atomic E-state index is 12.6. The smallest absolute Gasteiger partial charge is 0.251 e. The van der Waals surface area contributed by atoms with Crippen LogP contribution in [0.3, 0.4) is 0 Å². The minimum absolute atomic E-state index is 0.0233. The van der Waals surface area contributed by atoms with Crippen LogP contribution in [0.25, 0.3) is 0 Å². The summed E-state index contributed by atoms with van der Waals surface area (Å²) in [6, 6.07) is 7.49. The minimum atomic E-state index is -2.94. The zero-order valence-corrected chi connectivity index (χ0v) is 17.9. The fourth-order valence-corrected chi connectivity index (χ4v) is 7.96. The van der Waals surface area contributed by atoms with Gasteiger partial charge in [0.1, 0.15) is 0 Å². The summed E-state index contributed by atoms with van der Waals surface area (Å²) in [5.74, 6) is 1.47. The Morgan fingerprint density at radius 1 is 1.14 bits per heavy atom. The summed E-state index contributed by atoms with van der Waals surface area (Å²) in [7, 11) is -2.94. The Balaban J connectivity index is 1.35. The molecule has 0 radical (unpaired) electrons. The van der Waals surface area contributed by atoms with E-state index in [4.69, 9.17) is 0 Å². The molecule has 0 spiro atoms. The molecule has 6 nitrogen and oxygen atoms in total. The van der Waals surface area contributed by atoms with Crippen molar-refractivity contribution in [3.05, 3.63) is 29.8 Å². The number of fused-ring (bicyclic) bond motifs is 1. The number of thioether (sulfide) groups is 1. The number of benzene rings is 1.